The molecular weight excluding hydrogens is 236 g/mol. The fourth-order valence-electron chi connectivity index (χ4n) is 2.94. The van der Waals surface area contributed by atoms with Crippen LogP contribution in [0.15, 0.2) is 0 Å². The molecule has 17 heavy (non-hydrogen) atoms. The summed E-state index contributed by atoms with van der Waals surface area (Å²) >= 11 is 5.77. The van der Waals surface area contributed by atoms with Crippen molar-refractivity contribution in [1.29, 1.82) is 0 Å². The van der Waals surface area contributed by atoms with Gasteiger partial charge in [0, 0.05) is 30.9 Å². The molecule has 2 unspecified atom stereocenters. The highest BCUT2D eigenvalue weighted by Gasteiger charge is 2.30. The number of carbonyl (C=O) groups is 1. The Hall–Kier alpha value is -0.280. The Morgan fingerprint density at radius 2 is 2.00 bits per heavy atom. The van der Waals surface area contributed by atoms with Crippen LogP contribution in [0.2, 0.25) is 0 Å². The molecule has 2 fully saturated rings. The summed E-state index contributed by atoms with van der Waals surface area (Å²) in [4.78, 5) is 16.7. The molecule has 2 aliphatic rings. The highest BCUT2D eigenvalue weighted by molar-refractivity contribution is 6.19. The van der Waals surface area contributed by atoms with Crippen molar-refractivity contribution in [3.8, 4) is 0 Å². The van der Waals surface area contributed by atoms with Crippen LogP contribution in [0.3, 0.4) is 0 Å². The number of halogens is 1. The molecule has 0 N–H and O–H groups in total. The van der Waals surface area contributed by atoms with Crippen molar-refractivity contribution in [2.24, 2.45) is 5.92 Å². The summed E-state index contributed by atoms with van der Waals surface area (Å²) in [6, 6.07) is 0.595. The lowest BCUT2D eigenvalue weighted by Crippen LogP contribution is -2.50. The van der Waals surface area contributed by atoms with Gasteiger partial charge in [0.25, 0.3) is 0 Å². The monoisotopic (exact) mass is 258 g/mol. The highest BCUT2D eigenvalue weighted by Crippen LogP contribution is 2.21. The van der Waals surface area contributed by atoms with E-state index < -0.39 is 0 Å². The lowest BCUT2D eigenvalue weighted by atomic mass is 10.0. The predicted octanol–water partition coefficient (Wildman–Crippen LogP) is 1.95. The van der Waals surface area contributed by atoms with Crippen molar-refractivity contribution < 1.29 is 4.79 Å². The molecule has 2 saturated heterocycles. The molecule has 1 amide bonds. The van der Waals surface area contributed by atoms with Gasteiger partial charge in [-0.25, -0.2) is 0 Å². The Morgan fingerprint density at radius 1 is 1.29 bits per heavy atom. The molecule has 2 aliphatic heterocycles. The summed E-state index contributed by atoms with van der Waals surface area (Å²) in [7, 11) is 0. The minimum Gasteiger partial charge on any atom is -0.341 e. The molecule has 98 valence electrons. The first-order valence-corrected chi connectivity index (χ1v) is 7.34. The van der Waals surface area contributed by atoms with Crippen LogP contribution in [0.1, 0.15) is 32.6 Å². The number of carbonyl (C=O) groups excluding carboxylic acids is 1. The summed E-state index contributed by atoms with van der Waals surface area (Å²) in [5, 5.41) is 0. The third kappa shape index (κ3) is 3.14. The van der Waals surface area contributed by atoms with Crippen molar-refractivity contribution in [2.45, 2.75) is 38.6 Å². The van der Waals surface area contributed by atoms with Gasteiger partial charge in [-0.2, -0.15) is 0 Å². The van der Waals surface area contributed by atoms with E-state index in [9.17, 15) is 4.79 Å². The molecule has 0 aromatic rings. The molecule has 0 saturated carbocycles. The standard InChI is InChI=1S/C13H23ClN2O/c1-11(9-14)13(17)16-8-4-5-12(10-16)15-6-2-3-7-15/h11-12H,2-10H2,1H3. The largest absolute Gasteiger partial charge is 0.341 e. The van der Waals surface area contributed by atoms with Gasteiger partial charge in [0.2, 0.25) is 5.91 Å². The van der Waals surface area contributed by atoms with Crippen LogP contribution in [-0.4, -0.2) is 53.8 Å². The normalized spacial score (nSPS) is 28.4. The molecule has 2 atom stereocenters. The van der Waals surface area contributed by atoms with E-state index in [4.69, 9.17) is 11.6 Å². The number of rotatable bonds is 3. The molecule has 0 aliphatic carbocycles. The Bertz CT molecular complexity index is 266. The molecule has 0 aromatic heterocycles. The van der Waals surface area contributed by atoms with Gasteiger partial charge in [0.1, 0.15) is 0 Å². The van der Waals surface area contributed by atoms with Gasteiger partial charge in [0.15, 0.2) is 0 Å². The lowest BCUT2D eigenvalue weighted by molar-refractivity contribution is -0.136. The summed E-state index contributed by atoms with van der Waals surface area (Å²) in [5.74, 6) is 0.641. The average Bonchev–Trinajstić information content (AvgIpc) is 2.91. The SMILES string of the molecule is CC(CCl)C(=O)N1CCCC(N2CCCC2)C1. The lowest BCUT2D eigenvalue weighted by Gasteiger charge is -2.38. The van der Waals surface area contributed by atoms with E-state index in [2.05, 4.69) is 4.90 Å². The van der Waals surface area contributed by atoms with Gasteiger partial charge >= 0.3 is 0 Å². The number of hydrogen-bond donors (Lipinski definition) is 0. The molecule has 0 radical (unpaired) electrons. The predicted molar refractivity (Wildman–Crippen MR) is 70.3 cm³/mol. The third-order valence-corrected chi connectivity index (χ3v) is 4.48. The third-order valence-electron chi connectivity index (χ3n) is 4.02. The van der Waals surface area contributed by atoms with Gasteiger partial charge in [0.05, 0.1) is 0 Å². The van der Waals surface area contributed by atoms with E-state index in [1.807, 2.05) is 11.8 Å². The number of hydrogen-bond acceptors (Lipinski definition) is 2. The first-order valence-electron chi connectivity index (χ1n) is 6.81. The van der Waals surface area contributed by atoms with Crippen LogP contribution in [0.25, 0.3) is 0 Å². The number of piperidine rings is 1. The molecule has 0 bridgehead atoms. The van der Waals surface area contributed by atoms with Gasteiger partial charge in [-0.3, -0.25) is 9.69 Å². The second kappa shape index (κ2) is 6.05. The number of likely N-dealkylation sites (tertiary alicyclic amines) is 2. The van der Waals surface area contributed by atoms with Crippen LogP contribution < -0.4 is 0 Å². The maximum Gasteiger partial charge on any atom is 0.226 e. The number of amides is 1. The van der Waals surface area contributed by atoms with Crippen LogP contribution in [0.4, 0.5) is 0 Å². The number of nitrogens with zero attached hydrogens (tertiary/aromatic N) is 2. The first-order chi connectivity index (χ1) is 8.22. The van der Waals surface area contributed by atoms with Crippen molar-refractivity contribution in [1.82, 2.24) is 9.80 Å². The molecule has 3 nitrogen and oxygen atoms in total. The Morgan fingerprint density at radius 3 is 2.65 bits per heavy atom. The van der Waals surface area contributed by atoms with E-state index in [1.165, 1.54) is 32.4 Å². The zero-order valence-electron chi connectivity index (χ0n) is 10.7. The van der Waals surface area contributed by atoms with Crippen molar-refractivity contribution >= 4 is 17.5 Å². The molecule has 0 spiro atoms. The minimum absolute atomic E-state index is 0.0333. The van der Waals surface area contributed by atoms with E-state index in [-0.39, 0.29) is 11.8 Å². The Labute approximate surface area is 109 Å². The van der Waals surface area contributed by atoms with E-state index >= 15 is 0 Å². The quantitative estimate of drug-likeness (QED) is 0.723. The Balaban J connectivity index is 1.89. The summed E-state index contributed by atoms with van der Waals surface area (Å²) in [5.41, 5.74) is 0. The molecule has 2 rings (SSSR count). The summed E-state index contributed by atoms with van der Waals surface area (Å²) in [6.07, 6.45) is 5.03. The maximum absolute atomic E-state index is 12.1. The highest BCUT2D eigenvalue weighted by atomic mass is 35.5. The van der Waals surface area contributed by atoms with Crippen LogP contribution >= 0.6 is 11.6 Å². The summed E-state index contributed by atoms with van der Waals surface area (Å²) in [6.45, 7) is 6.20. The Kier molecular flexibility index (Phi) is 4.69. The molecule has 0 aromatic carbocycles. The van der Waals surface area contributed by atoms with Crippen molar-refractivity contribution in [3.05, 3.63) is 0 Å². The van der Waals surface area contributed by atoms with Crippen LogP contribution in [0, 0.1) is 5.92 Å². The second-order valence-corrected chi connectivity index (χ2v) is 5.69. The summed E-state index contributed by atoms with van der Waals surface area (Å²) < 4.78 is 0. The van der Waals surface area contributed by atoms with Gasteiger partial charge in [-0.15, -0.1) is 11.6 Å². The van der Waals surface area contributed by atoms with E-state index in [0.717, 1.165) is 19.5 Å². The number of alkyl halides is 1. The van der Waals surface area contributed by atoms with Crippen molar-refractivity contribution in [3.63, 3.8) is 0 Å². The maximum atomic E-state index is 12.1. The molecular formula is C13H23ClN2O. The zero-order valence-corrected chi connectivity index (χ0v) is 11.5. The van der Waals surface area contributed by atoms with E-state index in [1.54, 1.807) is 0 Å². The minimum atomic E-state index is -0.0333. The van der Waals surface area contributed by atoms with Gasteiger partial charge in [-0.1, -0.05) is 6.92 Å². The fourth-order valence-corrected chi connectivity index (χ4v) is 3.07. The molecule has 2 heterocycles. The second-order valence-electron chi connectivity index (χ2n) is 5.38. The van der Waals surface area contributed by atoms with Crippen molar-refractivity contribution in [2.75, 3.05) is 32.1 Å². The van der Waals surface area contributed by atoms with Gasteiger partial charge < -0.3 is 4.90 Å². The first kappa shape index (κ1) is 13.2. The van der Waals surface area contributed by atoms with Crippen LogP contribution in [-0.2, 0) is 4.79 Å². The average molecular weight is 259 g/mol. The topological polar surface area (TPSA) is 23.6 Å². The zero-order chi connectivity index (χ0) is 12.3. The van der Waals surface area contributed by atoms with Crippen LogP contribution in [0.5, 0.6) is 0 Å². The smallest absolute Gasteiger partial charge is 0.226 e. The fraction of sp³-hybridized carbons (Fsp3) is 0.923. The van der Waals surface area contributed by atoms with Gasteiger partial charge in [-0.05, 0) is 38.8 Å². The van der Waals surface area contributed by atoms with E-state index in [0.29, 0.717) is 11.9 Å². The molecule has 4 heteroatoms.